The Kier molecular flexibility index (Phi) is 4.46. The summed E-state index contributed by atoms with van der Waals surface area (Å²) in [6.45, 7) is 2.07. The van der Waals surface area contributed by atoms with Crippen LogP contribution < -0.4 is 5.32 Å². The molecule has 1 aromatic heterocycles. The number of alkyl halides is 3. The highest BCUT2D eigenvalue weighted by molar-refractivity contribution is 6.30. The predicted molar refractivity (Wildman–Crippen MR) is 101 cm³/mol. The van der Waals surface area contributed by atoms with Gasteiger partial charge >= 0.3 is 6.18 Å². The Labute approximate surface area is 159 Å². The highest BCUT2D eigenvalue weighted by Gasteiger charge is 2.31. The molecule has 3 aromatic rings. The summed E-state index contributed by atoms with van der Waals surface area (Å²) in [5.74, 6) is 1.49. The first-order valence-electron chi connectivity index (χ1n) is 8.73. The Hall–Kier alpha value is -2.34. The van der Waals surface area contributed by atoms with Crippen LogP contribution in [0.25, 0.3) is 22.3 Å². The molecular formula is C20H17ClF3N3. The minimum Gasteiger partial charge on any atom is -0.367 e. The number of halogens is 4. The van der Waals surface area contributed by atoms with Crippen molar-refractivity contribution in [3.8, 4) is 11.4 Å². The van der Waals surface area contributed by atoms with Crippen LogP contribution in [0.2, 0.25) is 5.02 Å². The Bertz CT molecular complexity index is 982. The Morgan fingerprint density at radius 2 is 1.78 bits per heavy atom. The largest absolute Gasteiger partial charge is 0.416 e. The number of nitrogens with one attached hydrogen (secondary N) is 1. The minimum absolute atomic E-state index is 0.198. The second kappa shape index (κ2) is 6.68. The summed E-state index contributed by atoms with van der Waals surface area (Å²) in [5, 5.41) is 4.51. The number of hydrogen-bond acceptors (Lipinski definition) is 3. The van der Waals surface area contributed by atoms with Crippen LogP contribution in [0.4, 0.5) is 19.0 Å². The lowest BCUT2D eigenvalue weighted by Gasteiger charge is -2.17. The molecule has 1 saturated carbocycles. The van der Waals surface area contributed by atoms with Gasteiger partial charge in [-0.15, -0.1) is 0 Å². The molecule has 27 heavy (non-hydrogen) atoms. The molecule has 4 rings (SSSR count). The lowest BCUT2D eigenvalue weighted by Crippen LogP contribution is -2.19. The van der Waals surface area contributed by atoms with Crippen molar-refractivity contribution >= 4 is 28.3 Å². The van der Waals surface area contributed by atoms with E-state index in [1.165, 1.54) is 6.07 Å². The van der Waals surface area contributed by atoms with Crippen LogP contribution in [0, 0.1) is 5.92 Å². The molecule has 7 heteroatoms. The maximum absolute atomic E-state index is 13.1. The zero-order chi connectivity index (χ0) is 19.2. The van der Waals surface area contributed by atoms with Crippen LogP contribution in [-0.4, -0.2) is 16.0 Å². The summed E-state index contributed by atoms with van der Waals surface area (Å²) in [5.41, 5.74) is 0.230. The lowest BCUT2D eigenvalue weighted by molar-refractivity contribution is -0.137. The van der Waals surface area contributed by atoms with Gasteiger partial charge in [0, 0.05) is 22.0 Å². The molecule has 3 nitrogen and oxygen atoms in total. The number of anilines is 1. The summed E-state index contributed by atoms with van der Waals surface area (Å²) in [7, 11) is 0. The molecule has 1 unspecified atom stereocenters. The number of rotatable bonds is 4. The fourth-order valence-electron chi connectivity index (χ4n) is 3.07. The summed E-state index contributed by atoms with van der Waals surface area (Å²) in [6, 6.07) is 10.7. The smallest absolute Gasteiger partial charge is 0.367 e. The molecule has 1 aliphatic carbocycles. The monoisotopic (exact) mass is 391 g/mol. The van der Waals surface area contributed by atoms with E-state index in [2.05, 4.69) is 22.2 Å². The van der Waals surface area contributed by atoms with Gasteiger partial charge in [0.15, 0.2) is 5.82 Å². The lowest BCUT2D eigenvalue weighted by atomic mass is 10.1. The van der Waals surface area contributed by atoms with Crippen LogP contribution in [0.15, 0.2) is 42.5 Å². The minimum atomic E-state index is -4.42. The van der Waals surface area contributed by atoms with Gasteiger partial charge in [-0.3, -0.25) is 0 Å². The zero-order valence-corrected chi connectivity index (χ0v) is 15.3. The molecule has 0 amide bonds. The summed E-state index contributed by atoms with van der Waals surface area (Å²) in [4.78, 5) is 8.98. The van der Waals surface area contributed by atoms with E-state index in [1.807, 2.05) is 0 Å². The Morgan fingerprint density at radius 3 is 2.41 bits per heavy atom. The van der Waals surface area contributed by atoms with Gasteiger partial charge in [-0.05, 0) is 68.1 Å². The normalized spacial score (nSPS) is 15.7. The van der Waals surface area contributed by atoms with Crippen LogP contribution in [0.3, 0.4) is 0 Å². The Balaban J connectivity index is 1.85. The second-order valence-corrected chi connectivity index (χ2v) is 7.34. The van der Waals surface area contributed by atoms with E-state index in [9.17, 15) is 13.2 Å². The van der Waals surface area contributed by atoms with E-state index in [0.717, 1.165) is 25.0 Å². The molecule has 0 saturated heterocycles. The van der Waals surface area contributed by atoms with E-state index in [4.69, 9.17) is 11.6 Å². The third-order valence-electron chi connectivity index (χ3n) is 4.82. The number of nitrogens with zero attached hydrogens (tertiary/aromatic N) is 2. The molecule has 0 bridgehead atoms. The molecular weight excluding hydrogens is 375 g/mol. The fourth-order valence-corrected chi connectivity index (χ4v) is 3.20. The van der Waals surface area contributed by atoms with Crippen molar-refractivity contribution in [2.75, 3.05) is 5.32 Å². The van der Waals surface area contributed by atoms with Crippen molar-refractivity contribution in [2.45, 2.75) is 32.0 Å². The summed E-state index contributed by atoms with van der Waals surface area (Å²) < 4.78 is 39.4. The molecule has 1 atom stereocenters. The maximum Gasteiger partial charge on any atom is 0.416 e. The van der Waals surface area contributed by atoms with Gasteiger partial charge in [0.25, 0.3) is 0 Å². The van der Waals surface area contributed by atoms with Gasteiger partial charge in [-0.1, -0.05) is 11.6 Å². The van der Waals surface area contributed by atoms with Crippen LogP contribution in [0.1, 0.15) is 25.3 Å². The third-order valence-corrected chi connectivity index (χ3v) is 5.07. The summed E-state index contributed by atoms with van der Waals surface area (Å²) >= 11 is 5.93. The molecule has 0 radical (unpaired) electrons. The first-order valence-corrected chi connectivity index (χ1v) is 9.10. The van der Waals surface area contributed by atoms with Crippen molar-refractivity contribution < 1.29 is 13.2 Å². The van der Waals surface area contributed by atoms with Crippen molar-refractivity contribution in [2.24, 2.45) is 5.92 Å². The predicted octanol–water partition coefficient (Wildman–Crippen LogP) is 6.18. The quantitative estimate of drug-likeness (QED) is 0.577. The average Bonchev–Trinajstić information content (AvgIpc) is 3.46. The van der Waals surface area contributed by atoms with E-state index < -0.39 is 11.7 Å². The van der Waals surface area contributed by atoms with Crippen molar-refractivity contribution in [3.05, 3.63) is 53.1 Å². The first-order chi connectivity index (χ1) is 12.8. The van der Waals surface area contributed by atoms with Gasteiger partial charge in [-0.2, -0.15) is 13.2 Å². The molecule has 1 fully saturated rings. The van der Waals surface area contributed by atoms with E-state index in [1.54, 1.807) is 24.3 Å². The van der Waals surface area contributed by atoms with Crippen molar-refractivity contribution in [1.29, 1.82) is 0 Å². The number of hydrogen-bond donors (Lipinski definition) is 1. The summed E-state index contributed by atoms with van der Waals surface area (Å²) in [6.07, 6.45) is -2.12. The molecule has 0 spiro atoms. The topological polar surface area (TPSA) is 37.8 Å². The molecule has 0 aliphatic heterocycles. The molecule has 1 N–H and O–H groups in total. The van der Waals surface area contributed by atoms with Gasteiger partial charge < -0.3 is 5.32 Å². The number of aromatic nitrogens is 2. The van der Waals surface area contributed by atoms with Gasteiger partial charge in [0.05, 0.1) is 11.1 Å². The first kappa shape index (κ1) is 18.0. The maximum atomic E-state index is 13.1. The SMILES string of the molecule is CC(Nc1nc(-c2ccc(Cl)cc2)nc2cc(C(F)(F)F)ccc12)C1CC1. The standard InChI is InChI=1S/C20H17ClF3N3/c1-11(12-2-3-12)25-19-16-9-6-14(20(22,23)24)10-17(16)26-18(27-19)13-4-7-15(21)8-5-13/h4-12H,2-3H2,1H3,(H,25,26,27). The van der Waals surface area contributed by atoms with Crippen molar-refractivity contribution in [3.63, 3.8) is 0 Å². The van der Waals surface area contributed by atoms with Gasteiger partial charge in [-0.25, -0.2) is 9.97 Å². The molecule has 2 aromatic carbocycles. The number of fused-ring (bicyclic) bond motifs is 1. The average molecular weight is 392 g/mol. The van der Waals surface area contributed by atoms with E-state index in [-0.39, 0.29) is 11.6 Å². The van der Waals surface area contributed by atoms with Crippen LogP contribution in [-0.2, 0) is 6.18 Å². The Morgan fingerprint density at radius 1 is 1.07 bits per heavy atom. The fraction of sp³-hybridized carbons (Fsp3) is 0.300. The third kappa shape index (κ3) is 3.86. The molecule has 1 aliphatic rings. The van der Waals surface area contributed by atoms with E-state index >= 15 is 0 Å². The molecule has 140 valence electrons. The van der Waals surface area contributed by atoms with Crippen LogP contribution >= 0.6 is 11.6 Å². The van der Waals surface area contributed by atoms with Crippen molar-refractivity contribution in [1.82, 2.24) is 9.97 Å². The molecule has 1 heterocycles. The van der Waals surface area contributed by atoms with Crippen LogP contribution in [0.5, 0.6) is 0 Å². The second-order valence-electron chi connectivity index (χ2n) is 6.90. The van der Waals surface area contributed by atoms with Gasteiger partial charge in [0.2, 0.25) is 0 Å². The van der Waals surface area contributed by atoms with Gasteiger partial charge in [0.1, 0.15) is 5.82 Å². The number of benzene rings is 2. The van der Waals surface area contributed by atoms with E-state index in [0.29, 0.717) is 33.5 Å². The highest BCUT2D eigenvalue weighted by atomic mass is 35.5. The zero-order valence-electron chi connectivity index (χ0n) is 14.5. The highest BCUT2D eigenvalue weighted by Crippen LogP contribution is 2.36.